The Morgan fingerprint density at radius 2 is 1.77 bits per heavy atom. The highest BCUT2D eigenvalue weighted by Crippen LogP contribution is 2.33. The maximum atomic E-state index is 11.6. The Kier molecular flexibility index (Phi) is 5.31. The smallest absolute Gasteiger partial charge is 0.338 e. The molecule has 26 heavy (non-hydrogen) atoms. The molecule has 0 spiro atoms. The molecular formula is C20H20O6. The van der Waals surface area contributed by atoms with E-state index in [1.807, 2.05) is 12.1 Å². The van der Waals surface area contributed by atoms with Gasteiger partial charge in [0.1, 0.15) is 23.9 Å². The van der Waals surface area contributed by atoms with Crippen molar-refractivity contribution in [2.24, 2.45) is 0 Å². The van der Waals surface area contributed by atoms with E-state index in [1.54, 1.807) is 51.5 Å². The second kappa shape index (κ2) is 7.82. The minimum absolute atomic E-state index is 0.249. The van der Waals surface area contributed by atoms with Crippen LogP contribution >= 0.6 is 0 Å². The van der Waals surface area contributed by atoms with Gasteiger partial charge in [-0.05, 0) is 43.3 Å². The van der Waals surface area contributed by atoms with Crippen LogP contribution in [0.25, 0.3) is 11.0 Å². The molecule has 0 aliphatic carbocycles. The molecule has 0 fully saturated rings. The molecule has 0 aliphatic rings. The Bertz CT molecular complexity index is 895. The topological polar surface area (TPSA) is 67.1 Å². The van der Waals surface area contributed by atoms with Crippen molar-refractivity contribution in [3.63, 3.8) is 0 Å². The van der Waals surface area contributed by atoms with Crippen molar-refractivity contribution in [2.75, 3.05) is 20.8 Å². The molecule has 1 aromatic heterocycles. The van der Waals surface area contributed by atoms with E-state index >= 15 is 0 Å². The van der Waals surface area contributed by atoms with Crippen molar-refractivity contribution in [3.05, 3.63) is 53.8 Å². The number of carbonyl (C=O) groups excluding carboxylic acids is 1. The molecule has 0 radical (unpaired) electrons. The number of furan rings is 1. The summed E-state index contributed by atoms with van der Waals surface area (Å²) >= 11 is 0. The molecule has 0 atom stereocenters. The fourth-order valence-electron chi connectivity index (χ4n) is 2.54. The van der Waals surface area contributed by atoms with E-state index in [2.05, 4.69) is 0 Å². The number of esters is 1. The van der Waals surface area contributed by atoms with E-state index in [0.29, 0.717) is 40.8 Å². The van der Waals surface area contributed by atoms with Crippen LogP contribution in [0.4, 0.5) is 0 Å². The van der Waals surface area contributed by atoms with Gasteiger partial charge in [0.15, 0.2) is 11.3 Å². The molecule has 0 amide bonds. The summed E-state index contributed by atoms with van der Waals surface area (Å²) in [6.07, 6.45) is 0. The number of fused-ring (bicyclic) bond motifs is 1. The van der Waals surface area contributed by atoms with Gasteiger partial charge in [0.25, 0.3) is 0 Å². The van der Waals surface area contributed by atoms with Crippen LogP contribution in [-0.2, 0) is 11.3 Å². The van der Waals surface area contributed by atoms with Crippen LogP contribution < -0.4 is 14.2 Å². The van der Waals surface area contributed by atoms with Gasteiger partial charge in [0, 0.05) is 11.5 Å². The van der Waals surface area contributed by atoms with Gasteiger partial charge in [0.2, 0.25) is 0 Å². The molecule has 6 nitrogen and oxygen atoms in total. The van der Waals surface area contributed by atoms with Crippen LogP contribution in [-0.4, -0.2) is 26.8 Å². The Balaban J connectivity index is 1.72. The average molecular weight is 356 g/mol. The highest BCUT2D eigenvalue weighted by atomic mass is 16.5. The van der Waals surface area contributed by atoms with E-state index in [4.69, 9.17) is 23.4 Å². The van der Waals surface area contributed by atoms with Crippen molar-refractivity contribution < 1.29 is 28.2 Å². The fraction of sp³-hybridized carbons (Fsp3) is 0.250. The van der Waals surface area contributed by atoms with Crippen molar-refractivity contribution >= 4 is 16.9 Å². The number of rotatable bonds is 7. The van der Waals surface area contributed by atoms with Gasteiger partial charge in [-0.2, -0.15) is 0 Å². The van der Waals surface area contributed by atoms with Crippen molar-refractivity contribution in [3.8, 4) is 17.2 Å². The predicted octanol–water partition coefficient (Wildman–Crippen LogP) is 4.21. The summed E-state index contributed by atoms with van der Waals surface area (Å²) in [6, 6.07) is 12.3. The van der Waals surface area contributed by atoms with Gasteiger partial charge in [-0.3, -0.25) is 0 Å². The summed E-state index contributed by atoms with van der Waals surface area (Å²) in [6.45, 7) is 2.36. The molecule has 0 saturated carbocycles. The monoisotopic (exact) mass is 356 g/mol. The third-order valence-corrected chi connectivity index (χ3v) is 3.81. The minimum atomic E-state index is -0.350. The molecular weight excluding hydrogens is 336 g/mol. The lowest BCUT2D eigenvalue weighted by atomic mass is 10.2. The second-order valence-electron chi connectivity index (χ2n) is 5.49. The first kappa shape index (κ1) is 17.7. The number of benzene rings is 2. The summed E-state index contributed by atoms with van der Waals surface area (Å²) in [4.78, 5) is 11.6. The van der Waals surface area contributed by atoms with Crippen LogP contribution in [0.5, 0.6) is 17.2 Å². The first-order valence-corrected chi connectivity index (χ1v) is 8.19. The van der Waals surface area contributed by atoms with Gasteiger partial charge in [-0.1, -0.05) is 0 Å². The zero-order chi connectivity index (χ0) is 18.5. The van der Waals surface area contributed by atoms with Crippen LogP contribution in [0.1, 0.15) is 23.0 Å². The van der Waals surface area contributed by atoms with Crippen LogP contribution in [0.3, 0.4) is 0 Å². The molecule has 0 aliphatic heterocycles. The quantitative estimate of drug-likeness (QED) is 0.591. The van der Waals surface area contributed by atoms with Crippen molar-refractivity contribution in [1.82, 2.24) is 0 Å². The fourth-order valence-corrected chi connectivity index (χ4v) is 2.54. The molecule has 0 unspecified atom stereocenters. The lowest BCUT2D eigenvalue weighted by Crippen LogP contribution is -2.04. The predicted molar refractivity (Wildman–Crippen MR) is 96.0 cm³/mol. The van der Waals surface area contributed by atoms with Crippen LogP contribution in [0.2, 0.25) is 0 Å². The summed E-state index contributed by atoms with van der Waals surface area (Å²) in [5.74, 6) is 2.23. The molecule has 0 saturated heterocycles. The van der Waals surface area contributed by atoms with E-state index in [1.165, 1.54) is 0 Å². The van der Waals surface area contributed by atoms with Gasteiger partial charge in [-0.25, -0.2) is 4.79 Å². The van der Waals surface area contributed by atoms with Gasteiger partial charge in [-0.15, -0.1) is 0 Å². The molecule has 0 bridgehead atoms. The standard InChI is InChI=1S/C20H20O6/c1-4-24-20(21)13-5-7-15(8-6-13)25-12-17-10-14-9-16(22-2)11-18(23-3)19(14)26-17/h5-11H,4,12H2,1-3H3. The summed E-state index contributed by atoms with van der Waals surface area (Å²) in [5.41, 5.74) is 1.13. The number of ether oxygens (including phenoxy) is 4. The summed E-state index contributed by atoms with van der Waals surface area (Å²) in [7, 11) is 3.18. The molecule has 3 aromatic rings. The van der Waals surface area contributed by atoms with Crippen LogP contribution in [0.15, 0.2) is 46.9 Å². The number of hydrogen-bond acceptors (Lipinski definition) is 6. The van der Waals surface area contributed by atoms with E-state index < -0.39 is 0 Å². The van der Waals surface area contributed by atoms with E-state index in [9.17, 15) is 4.79 Å². The zero-order valence-electron chi connectivity index (χ0n) is 14.9. The maximum absolute atomic E-state index is 11.6. The van der Waals surface area contributed by atoms with Gasteiger partial charge < -0.3 is 23.4 Å². The highest BCUT2D eigenvalue weighted by Gasteiger charge is 2.12. The van der Waals surface area contributed by atoms with E-state index in [-0.39, 0.29) is 12.6 Å². The minimum Gasteiger partial charge on any atom is -0.497 e. The van der Waals surface area contributed by atoms with Crippen LogP contribution in [0, 0.1) is 0 Å². The number of methoxy groups -OCH3 is 2. The largest absolute Gasteiger partial charge is 0.497 e. The number of hydrogen-bond donors (Lipinski definition) is 0. The maximum Gasteiger partial charge on any atom is 0.338 e. The molecule has 6 heteroatoms. The Morgan fingerprint density at radius 1 is 1.00 bits per heavy atom. The molecule has 3 rings (SSSR count). The Hall–Kier alpha value is -3.15. The molecule has 136 valence electrons. The second-order valence-corrected chi connectivity index (χ2v) is 5.49. The molecule has 0 N–H and O–H groups in total. The zero-order valence-corrected chi connectivity index (χ0v) is 14.9. The Morgan fingerprint density at radius 3 is 2.42 bits per heavy atom. The molecule has 2 aromatic carbocycles. The first-order valence-electron chi connectivity index (χ1n) is 8.19. The van der Waals surface area contributed by atoms with Gasteiger partial charge in [0.05, 0.1) is 26.4 Å². The summed E-state index contributed by atoms with van der Waals surface area (Å²) < 4.78 is 27.1. The number of carbonyl (C=O) groups is 1. The first-order chi connectivity index (χ1) is 12.6. The van der Waals surface area contributed by atoms with E-state index in [0.717, 1.165) is 5.39 Å². The summed E-state index contributed by atoms with van der Waals surface area (Å²) in [5, 5.41) is 0.873. The third-order valence-electron chi connectivity index (χ3n) is 3.81. The van der Waals surface area contributed by atoms with Crippen molar-refractivity contribution in [1.29, 1.82) is 0 Å². The molecule has 1 heterocycles. The lowest BCUT2D eigenvalue weighted by Gasteiger charge is -2.06. The van der Waals surface area contributed by atoms with Crippen molar-refractivity contribution in [2.45, 2.75) is 13.5 Å². The SMILES string of the molecule is CCOC(=O)c1ccc(OCc2cc3cc(OC)cc(OC)c3o2)cc1. The Labute approximate surface area is 151 Å². The lowest BCUT2D eigenvalue weighted by molar-refractivity contribution is 0.0526. The average Bonchev–Trinajstić information content (AvgIpc) is 3.09. The highest BCUT2D eigenvalue weighted by molar-refractivity contribution is 5.89. The normalized spacial score (nSPS) is 10.6. The van der Waals surface area contributed by atoms with Gasteiger partial charge >= 0.3 is 5.97 Å². The third kappa shape index (κ3) is 3.74.